The summed E-state index contributed by atoms with van der Waals surface area (Å²) in [5.74, 6) is 0.125. The molecular formula is C18H21N3OS2. The number of aromatic nitrogens is 1. The van der Waals surface area contributed by atoms with Crippen molar-refractivity contribution in [3.8, 4) is 11.3 Å². The van der Waals surface area contributed by atoms with Crippen molar-refractivity contribution in [2.45, 2.75) is 39.0 Å². The molecule has 1 aromatic heterocycles. The lowest BCUT2D eigenvalue weighted by molar-refractivity contribution is -0.124. The third kappa shape index (κ3) is 4.39. The molecule has 3 rings (SSSR count). The number of benzene rings is 1. The van der Waals surface area contributed by atoms with Crippen molar-refractivity contribution < 1.29 is 4.79 Å². The van der Waals surface area contributed by atoms with Crippen LogP contribution in [0, 0.1) is 12.8 Å². The first kappa shape index (κ1) is 17.0. The maximum atomic E-state index is 12.2. The van der Waals surface area contributed by atoms with E-state index in [1.165, 1.54) is 23.3 Å². The molecule has 4 nitrogen and oxygen atoms in total. The van der Waals surface area contributed by atoms with Crippen LogP contribution in [0.1, 0.15) is 37.7 Å². The third-order valence-corrected chi connectivity index (χ3v) is 5.25. The Morgan fingerprint density at radius 1 is 1.21 bits per heavy atom. The SMILES string of the molecule is Cc1ccc(-c2csc(NC(=S)NC(=O)C3CCCCC3)n2)cc1. The van der Waals surface area contributed by atoms with Gasteiger partial charge in [0, 0.05) is 16.9 Å². The Labute approximate surface area is 151 Å². The van der Waals surface area contributed by atoms with Gasteiger partial charge in [-0.2, -0.15) is 0 Å². The number of rotatable bonds is 3. The summed E-state index contributed by atoms with van der Waals surface area (Å²) in [6.45, 7) is 2.06. The van der Waals surface area contributed by atoms with Crippen molar-refractivity contribution in [3.63, 3.8) is 0 Å². The van der Waals surface area contributed by atoms with Gasteiger partial charge >= 0.3 is 0 Å². The Bertz CT molecular complexity index is 718. The van der Waals surface area contributed by atoms with Crippen molar-refractivity contribution in [3.05, 3.63) is 35.2 Å². The van der Waals surface area contributed by atoms with E-state index >= 15 is 0 Å². The lowest BCUT2D eigenvalue weighted by Crippen LogP contribution is -2.38. The minimum atomic E-state index is 0.0301. The zero-order chi connectivity index (χ0) is 16.9. The number of carbonyl (C=O) groups is 1. The maximum absolute atomic E-state index is 12.2. The molecule has 6 heteroatoms. The van der Waals surface area contributed by atoms with Crippen LogP contribution in [0.15, 0.2) is 29.6 Å². The predicted octanol–water partition coefficient (Wildman–Crippen LogP) is 4.51. The van der Waals surface area contributed by atoms with Gasteiger partial charge < -0.3 is 10.6 Å². The van der Waals surface area contributed by atoms with E-state index in [0.29, 0.717) is 10.2 Å². The number of hydrogen-bond acceptors (Lipinski definition) is 4. The van der Waals surface area contributed by atoms with Gasteiger partial charge in [0.25, 0.3) is 0 Å². The van der Waals surface area contributed by atoms with Crippen LogP contribution in [0.2, 0.25) is 0 Å². The zero-order valence-corrected chi connectivity index (χ0v) is 15.3. The summed E-state index contributed by atoms with van der Waals surface area (Å²) >= 11 is 6.73. The van der Waals surface area contributed by atoms with Crippen molar-refractivity contribution >= 4 is 39.7 Å². The second-order valence-electron chi connectivity index (χ2n) is 6.18. The number of hydrogen-bond donors (Lipinski definition) is 2. The van der Waals surface area contributed by atoms with Gasteiger partial charge in [-0.3, -0.25) is 4.79 Å². The van der Waals surface area contributed by atoms with Gasteiger partial charge in [0.1, 0.15) is 0 Å². The van der Waals surface area contributed by atoms with Gasteiger partial charge in [-0.05, 0) is 32.0 Å². The number of aryl methyl sites for hydroxylation is 1. The molecule has 1 saturated carbocycles. The molecule has 1 aliphatic rings. The Kier molecular flexibility index (Phi) is 5.58. The summed E-state index contributed by atoms with van der Waals surface area (Å²) in [5, 5.41) is 8.83. The summed E-state index contributed by atoms with van der Waals surface area (Å²) in [5.41, 5.74) is 3.20. The predicted molar refractivity (Wildman–Crippen MR) is 103 cm³/mol. The van der Waals surface area contributed by atoms with Gasteiger partial charge in [0.2, 0.25) is 5.91 Å². The standard InChI is InChI=1S/C18H21N3OS2/c1-12-7-9-13(10-8-12)15-11-24-18(19-15)21-17(23)20-16(22)14-5-3-2-4-6-14/h7-11,14H,2-6H2,1H3,(H2,19,20,21,22,23). The van der Waals surface area contributed by atoms with E-state index in [-0.39, 0.29) is 11.8 Å². The summed E-state index contributed by atoms with van der Waals surface area (Å²) in [4.78, 5) is 16.7. The van der Waals surface area contributed by atoms with Crippen LogP contribution in [0.4, 0.5) is 5.13 Å². The van der Waals surface area contributed by atoms with Crippen LogP contribution in [0.5, 0.6) is 0 Å². The third-order valence-electron chi connectivity index (χ3n) is 4.28. The number of nitrogens with one attached hydrogen (secondary N) is 2. The molecule has 1 aromatic carbocycles. The van der Waals surface area contributed by atoms with E-state index in [0.717, 1.165) is 36.9 Å². The highest BCUT2D eigenvalue weighted by Gasteiger charge is 2.21. The highest BCUT2D eigenvalue weighted by molar-refractivity contribution is 7.80. The van der Waals surface area contributed by atoms with Crippen molar-refractivity contribution in [1.82, 2.24) is 10.3 Å². The minimum Gasteiger partial charge on any atom is -0.308 e. The normalized spacial score (nSPS) is 15.0. The fourth-order valence-electron chi connectivity index (χ4n) is 2.90. The molecule has 2 aromatic rings. The monoisotopic (exact) mass is 359 g/mol. The van der Waals surface area contributed by atoms with Crippen LogP contribution >= 0.6 is 23.6 Å². The molecular weight excluding hydrogens is 338 g/mol. The van der Waals surface area contributed by atoms with Crippen LogP contribution in [-0.2, 0) is 4.79 Å². The molecule has 1 fully saturated rings. The Hall–Kier alpha value is -1.79. The molecule has 1 heterocycles. The van der Waals surface area contributed by atoms with Gasteiger partial charge in [-0.25, -0.2) is 4.98 Å². The van der Waals surface area contributed by atoms with Crippen molar-refractivity contribution in [2.24, 2.45) is 5.92 Å². The first-order valence-electron chi connectivity index (χ1n) is 8.26. The Balaban J connectivity index is 1.57. The highest BCUT2D eigenvalue weighted by atomic mass is 32.1. The molecule has 0 saturated heterocycles. The second kappa shape index (κ2) is 7.85. The smallest absolute Gasteiger partial charge is 0.229 e. The fraction of sp³-hybridized carbons (Fsp3) is 0.389. The highest BCUT2D eigenvalue weighted by Crippen LogP contribution is 2.26. The number of anilines is 1. The van der Waals surface area contributed by atoms with E-state index in [2.05, 4.69) is 46.8 Å². The maximum Gasteiger partial charge on any atom is 0.229 e. The van der Waals surface area contributed by atoms with E-state index in [4.69, 9.17) is 12.2 Å². The Morgan fingerprint density at radius 3 is 2.62 bits per heavy atom. The molecule has 0 radical (unpaired) electrons. The number of amides is 1. The largest absolute Gasteiger partial charge is 0.308 e. The Morgan fingerprint density at radius 2 is 1.92 bits per heavy atom. The van der Waals surface area contributed by atoms with Crippen molar-refractivity contribution in [2.75, 3.05) is 5.32 Å². The molecule has 0 spiro atoms. The zero-order valence-electron chi connectivity index (χ0n) is 13.7. The molecule has 0 bridgehead atoms. The summed E-state index contributed by atoms with van der Waals surface area (Å²) in [7, 11) is 0. The first-order valence-corrected chi connectivity index (χ1v) is 9.55. The van der Waals surface area contributed by atoms with E-state index in [1.807, 2.05) is 5.38 Å². The van der Waals surface area contributed by atoms with Crippen molar-refractivity contribution in [1.29, 1.82) is 0 Å². The second-order valence-corrected chi connectivity index (χ2v) is 7.45. The van der Waals surface area contributed by atoms with Crippen LogP contribution < -0.4 is 10.6 Å². The van der Waals surface area contributed by atoms with Crippen LogP contribution in [-0.4, -0.2) is 16.0 Å². The van der Waals surface area contributed by atoms with E-state index in [1.54, 1.807) is 0 Å². The average molecular weight is 360 g/mol. The number of thiocarbonyl (C=S) groups is 1. The van der Waals surface area contributed by atoms with Gasteiger partial charge in [0.05, 0.1) is 5.69 Å². The van der Waals surface area contributed by atoms with Crippen LogP contribution in [0.25, 0.3) is 11.3 Å². The fourth-order valence-corrected chi connectivity index (χ4v) is 3.88. The van der Waals surface area contributed by atoms with Gasteiger partial charge in [-0.1, -0.05) is 49.1 Å². The molecule has 0 aliphatic heterocycles. The molecule has 1 aliphatic carbocycles. The van der Waals surface area contributed by atoms with E-state index < -0.39 is 0 Å². The summed E-state index contributed by atoms with van der Waals surface area (Å²) in [6, 6.07) is 8.24. The number of nitrogens with zero attached hydrogens (tertiary/aromatic N) is 1. The minimum absolute atomic E-state index is 0.0301. The molecule has 2 N–H and O–H groups in total. The molecule has 0 atom stereocenters. The molecule has 0 unspecified atom stereocenters. The van der Waals surface area contributed by atoms with E-state index in [9.17, 15) is 4.79 Å². The molecule has 126 valence electrons. The lowest BCUT2D eigenvalue weighted by atomic mass is 9.89. The average Bonchev–Trinajstić information content (AvgIpc) is 3.04. The summed E-state index contributed by atoms with van der Waals surface area (Å²) < 4.78 is 0. The summed E-state index contributed by atoms with van der Waals surface area (Å²) in [6.07, 6.45) is 5.41. The molecule has 1 amide bonds. The molecule has 24 heavy (non-hydrogen) atoms. The lowest BCUT2D eigenvalue weighted by Gasteiger charge is -2.20. The number of carbonyl (C=O) groups excluding carboxylic acids is 1. The topological polar surface area (TPSA) is 54.0 Å². The first-order chi connectivity index (χ1) is 11.6. The number of thiazole rings is 1. The van der Waals surface area contributed by atoms with Crippen LogP contribution in [0.3, 0.4) is 0 Å². The van der Waals surface area contributed by atoms with Gasteiger partial charge in [-0.15, -0.1) is 11.3 Å². The van der Waals surface area contributed by atoms with Gasteiger partial charge in [0.15, 0.2) is 10.2 Å². The quantitative estimate of drug-likeness (QED) is 0.792.